The molecule has 1 heterocycles. The van der Waals surface area contributed by atoms with E-state index in [1.54, 1.807) is 21.9 Å². The van der Waals surface area contributed by atoms with Gasteiger partial charge in [-0.1, -0.05) is 15.9 Å². The van der Waals surface area contributed by atoms with Crippen LogP contribution in [0.1, 0.15) is 6.42 Å². The molecule has 1 unspecified atom stereocenters. The summed E-state index contributed by atoms with van der Waals surface area (Å²) in [4.78, 5) is 3.47. The molecule has 1 aliphatic rings. The lowest BCUT2D eigenvalue weighted by atomic mass is 10.2. The Labute approximate surface area is 103 Å². The van der Waals surface area contributed by atoms with Gasteiger partial charge >= 0.3 is 0 Å². The maximum absolute atomic E-state index is 13.7. The van der Waals surface area contributed by atoms with Crippen molar-refractivity contribution < 1.29 is 9.50 Å². The summed E-state index contributed by atoms with van der Waals surface area (Å²) in [5, 5.41) is 9.96. The Morgan fingerprint density at radius 1 is 1.44 bits per heavy atom. The minimum Gasteiger partial charge on any atom is -0.361 e. The van der Waals surface area contributed by atoms with Gasteiger partial charge in [-0.25, -0.2) is 4.39 Å². The summed E-state index contributed by atoms with van der Waals surface area (Å²) in [6, 6.07) is 4.87. The zero-order valence-electron chi connectivity index (χ0n) is 9.03. The lowest BCUT2D eigenvalue weighted by molar-refractivity contribution is 0.00231. The molecule has 1 aliphatic heterocycles. The molecule has 1 aromatic rings. The van der Waals surface area contributed by atoms with E-state index in [0.29, 0.717) is 16.7 Å². The fraction of sp³-hybridized carbons (Fsp3) is 0.455. The lowest BCUT2D eigenvalue weighted by Gasteiger charge is -2.40. The molecule has 0 saturated carbocycles. The summed E-state index contributed by atoms with van der Waals surface area (Å²) in [7, 11) is 1.83. The predicted molar refractivity (Wildman–Crippen MR) is 64.7 cm³/mol. The van der Waals surface area contributed by atoms with Gasteiger partial charge in [-0.3, -0.25) is 4.90 Å². The van der Waals surface area contributed by atoms with Gasteiger partial charge in [-0.15, -0.1) is 0 Å². The van der Waals surface area contributed by atoms with E-state index >= 15 is 0 Å². The van der Waals surface area contributed by atoms with Crippen molar-refractivity contribution in [1.29, 1.82) is 0 Å². The van der Waals surface area contributed by atoms with Crippen molar-refractivity contribution in [3.8, 4) is 0 Å². The summed E-state index contributed by atoms with van der Waals surface area (Å²) in [6.07, 6.45) is 0.174. The van der Waals surface area contributed by atoms with Crippen molar-refractivity contribution in [2.45, 2.75) is 12.8 Å². The molecule has 0 aliphatic carbocycles. The van der Waals surface area contributed by atoms with Crippen LogP contribution in [0.25, 0.3) is 0 Å². The van der Waals surface area contributed by atoms with Crippen molar-refractivity contribution >= 4 is 21.6 Å². The fourth-order valence-electron chi connectivity index (χ4n) is 1.92. The van der Waals surface area contributed by atoms with E-state index < -0.39 is 6.35 Å². The van der Waals surface area contributed by atoms with E-state index in [0.717, 1.165) is 13.0 Å². The van der Waals surface area contributed by atoms with Crippen LogP contribution in [0, 0.1) is 5.82 Å². The standard InChI is InChI=1S/C11H14BrFN2O/c1-14-5-2-6-15(11(14)16)10-4-3-8(12)7-9(10)13/h3-4,7,11,16H,2,5-6H2,1H3. The molecule has 5 heteroatoms. The third kappa shape index (κ3) is 2.21. The highest BCUT2D eigenvalue weighted by Gasteiger charge is 2.26. The van der Waals surface area contributed by atoms with Crippen LogP contribution >= 0.6 is 15.9 Å². The Bertz CT molecular complexity index is 388. The Morgan fingerprint density at radius 3 is 2.88 bits per heavy atom. The summed E-state index contributed by atoms with van der Waals surface area (Å²) in [6.45, 7) is 1.50. The maximum Gasteiger partial charge on any atom is 0.186 e. The molecule has 88 valence electrons. The molecule has 1 aromatic carbocycles. The summed E-state index contributed by atoms with van der Waals surface area (Å²) < 4.78 is 14.4. The monoisotopic (exact) mass is 288 g/mol. The first-order chi connectivity index (χ1) is 7.59. The highest BCUT2D eigenvalue weighted by Crippen LogP contribution is 2.26. The molecule has 0 bridgehead atoms. The molecule has 1 fully saturated rings. The zero-order valence-corrected chi connectivity index (χ0v) is 10.6. The Kier molecular flexibility index (Phi) is 3.47. The van der Waals surface area contributed by atoms with E-state index in [1.807, 2.05) is 7.05 Å². The number of halogens is 2. The van der Waals surface area contributed by atoms with E-state index in [-0.39, 0.29) is 5.82 Å². The van der Waals surface area contributed by atoms with Gasteiger partial charge in [0, 0.05) is 17.6 Å². The fourth-order valence-corrected chi connectivity index (χ4v) is 2.25. The molecule has 0 aromatic heterocycles. The van der Waals surface area contributed by atoms with Gasteiger partial charge in [-0.05, 0) is 31.7 Å². The van der Waals surface area contributed by atoms with E-state index in [1.165, 1.54) is 6.07 Å². The second-order valence-corrected chi connectivity index (χ2v) is 4.89. The van der Waals surface area contributed by atoms with Gasteiger partial charge in [0.15, 0.2) is 6.35 Å². The topological polar surface area (TPSA) is 26.7 Å². The second kappa shape index (κ2) is 4.69. The van der Waals surface area contributed by atoms with E-state index in [9.17, 15) is 9.50 Å². The Morgan fingerprint density at radius 2 is 2.19 bits per heavy atom. The van der Waals surface area contributed by atoms with Crippen LogP contribution in [-0.2, 0) is 0 Å². The van der Waals surface area contributed by atoms with E-state index in [2.05, 4.69) is 15.9 Å². The Balaban J connectivity index is 2.29. The van der Waals surface area contributed by atoms with Crippen molar-refractivity contribution in [1.82, 2.24) is 4.90 Å². The van der Waals surface area contributed by atoms with Gasteiger partial charge in [0.05, 0.1) is 5.69 Å². The second-order valence-electron chi connectivity index (χ2n) is 3.97. The van der Waals surface area contributed by atoms with Crippen molar-refractivity contribution in [2.75, 3.05) is 25.0 Å². The summed E-state index contributed by atoms with van der Waals surface area (Å²) >= 11 is 3.22. The van der Waals surface area contributed by atoms with Gasteiger partial charge < -0.3 is 10.0 Å². The van der Waals surface area contributed by atoms with Crippen molar-refractivity contribution in [3.63, 3.8) is 0 Å². The number of hydrogen-bond acceptors (Lipinski definition) is 3. The average molecular weight is 289 g/mol. The molecule has 1 atom stereocenters. The van der Waals surface area contributed by atoms with E-state index in [4.69, 9.17) is 0 Å². The highest BCUT2D eigenvalue weighted by atomic mass is 79.9. The first-order valence-corrected chi connectivity index (χ1v) is 5.99. The first-order valence-electron chi connectivity index (χ1n) is 5.19. The SMILES string of the molecule is CN1CCCN(c2ccc(Br)cc2F)C1O. The first kappa shape index (κ1) is 11.8. The van der Waals surface area contributed by atoms with Gasteiger partial charge in [0.2, 0.25) is 0 Å². The molecule has 0 radical (unpaired) electrons. The molecule has 1 N–H and O–H groups in total. The molecular formula is C11H14BrFN2O. The van der Waals surface area contributed by atoms with Crippen LogP contribution in [0.3, 0.4) is 0 Å². The number of aliphatic hydroxyl groups excluding tert-OH is 1. The third-order valence-corrected chi connectivity index (χ3v) is 3.30. The largest absolute Gasteiger partial charge is 0.361 e. The lowest BCUT2D eigenvalue weighted by Crippen LogP contribution is -2.52. The highest BCUT2D eigenvalue weighted by molar-refractivity contribution is 9.10. The number of benzene rings is 1. The number of aliphatic hydroxyl groups is 1. The number of rotatable bonds is 1. The van der Waals surface area contributed by atoms with Gasteiger partial charge in [-0.2, -0.15) is 0 Å². The number of nitrogens with zero attached hydrogens (tertiary/aromatic N) is 2. The molecule has 0 amide bonds. The van der Waals surface area contributed by atoms with Crippen LogP contribution in [-0.4, -0.2) is 36.5 Å². The van der Waals surface area contributed by atoms with Crippen LogP contribution < -0.4 is 4.90 Å². The Hall–Kier alpha value is -0.650. The van der Waals surface area contributed by atoms with Crippen molar-refractivity contribution in [2.24, 2.45) is 0 Å². The smallest absolute Gasteiger partial charge is 0.186 e. The summed E-state index contributed by atoms with van der Waals surface area (Å²) in [5.74, 6) is -0.316. The molecular weight excluding hydrogens is 275 g/mol. The number of hydrogen-bond donors (Lipinski definition) is 1. The third-order valence-electron chi connectivity index (χ3n) is 2.80. The minimum atomic E-state index is -0.746. The van der Waals surface area contributed by atoms with Crippen LogP contribution in [0.2, 0.25) is 0 Å². The van der Waals surface area contributed by atoms with Gasteiger partial charge in [0.25, 0.3) is 0 Å². The van der Waals surface area contributed by atoms with Gasteiger partial charge in [0.1, 0.15) is 5.82 Å². The maximum atomic E-state index is 13.7. The van der Waals surface area contributed by atoms with Crippen LogP contribution in [0.5, 0.6) is 0 Å². The molecule has 2 rings (SSSR count). The zero-order chi connectivity index (χ0) is 11.7. The van der Waals surface area contributed by atoms with Crippen LogP contribution in [0.15, 0.2) is 22.7 Å². The normalized spacial score (nSPS) is 22.5. The van der Waals surface area contributed by atoms with Crippen molar-refractivity contribution in [3.05, 3.63) is 28.5 Å². The number of anilines is 1. The summed E-state index contributed by atoms with van der Waals surface area (Å²) in [5.41, 5.74) is 0.447. The minimum absolute atomic E-state index is 0.316. The molecule has 3 nitrogen and oxygen atoms in total. The molecule has 0 spiro atoms. The molecule has 1 saturated heterocycles. The quantitative estimate of drug-likeness (QED) is 0.856. The van der Waals surface area contributed by atoms with Crippen LogP contribution in [0.4, 0.5) is 10.1 Å². The predicted octanol–water partition coefficient (Wildman–Crippen LogP) is 2.01. The average Bonchev–Trinajstić information content (AvgIpc) is 2.23. The molecule has 16 heavy (non-hydrogen) atoms.